The highest BCUT2D eigenvalue weighted by atomic mass is 19.1. The van der Waals surface area contributed by atoms with E-state index in [1.54, 1.807) is 19.1 Å². The minimum Gasteiger partial charge on any atom is -0.326 e. The lowest BCUT2D eigenvalue weighted by molar-refractivity contribution is -0.116. The summed E-state index contributed by atoms with van der Waals surface area (Å²) >= 11 is 0. The molecular weight excluding hydrogens is 389 g/mol. The van der Waals surface area contributed by atoms with Crippen LogP contribution in [0.15, 0.2) is 47.5 Å². The van der Waals surface area contributed by atoms with Crippen molar-refractivity contribution in [3.63, 3.8) is 0 Å². The second-order valence-corrected chi connectivity index (χ2v) is 6.82. The molecule has 0 saturated carbocycles. The number of fused-ring (bicyclic) bond motifs is 1. The van der Waals surface area contributed by atoms with Gasteiger partial charge in [0, 0.05) is 18.7 Å². The van der Waals surface area contributed by atoms with Crippen LogP contribution in [0.1, 0.15) is 17.8 Å². The number of hydrogen-bond donors (Lipinski definition) is 1. The molecular formula is C20H18FN7O2. The number of carbonyl (C=O) groups excluding carboxylic acids is 1. The molecule has 30 heavy (non-hydrogen) atoms. The van der Waals surface area contributed by atoms with Gasteiger partial charge < -0.3 is 5.32 Å². The molecule has 0 spiro atoms. The molecule has 4 aromatic rings. The monoisotopic (exact) mass is 407 g/mol. The van der Waals surface area contributed by atoms with E-state index < -0.39 is 5.82 Å². The van der Waals surface area contributed by atoms with Crippen LogP contribution in [0.25, 0.3) is 16.6 Å². The molecule has 0 saturated heterocycles. The zero-order valence-electron chi connectivity index (χ0n) is 16.3. The average molecular weight is 407 g/mol. The summed E-state index contributed by atoms with van der Waals surface area (Å²) in [7, 11) is 0. The number of rotatable bonds is 5. The van der Waals surface area contributed by atoms with Crippen molar-refractivity contribution in [1.29, 1.82) is 0 Å². The fraction of sp³-hybridized carbons (Fsp3) is 0.200. The van der Waals surface area contributed by atoms with Gasteiger partial charge in [0.25, 0.3) is 5.56 Å². The van der Waals surface area contributed by atoms with Gasteiger partial charge in [-0.3, -0.25) is 14.2 Å². The van der Waals surface area contributed by atoms with Crippen molar-refractivity contribution in [3.8, 4) is 5.69 Å². The van der Waals surface area contributed by atoms with Gasteiger partial charge in [-0.1, -0.05) is 12.1 Å². The smallest absolute Gasteiger partial charge is 0.261 e. The zero-order chi connectivity index (χ0) is 21.3. The first-order chi connectivity index (χ1) is 14.4. The molecule has 0 radical (unpaired) electrons. The minimum absolute atomic E-state index is 0.0511. The molecule has 0 fully saturated rings. The van der Waals surface area contributed by atoms with Crippen molar-refractivity contribution in [1.82, 2.24) is 29.8 Å². The number of hydrogen-bond acceptors (Lipinski definition) is 6. The number of nitrogens with zero attached hydrogens (tertiary/aromatic N) is 6. The molecule has 0 atom stereocenters. The maximum absolute atomic E-state index is 14.1. The van der Waals surface area contributed by atoms with Crippen LogP contribution in [-0.2, 0) is 11.3 Å². The molecule has 0 aliphatic rings. The molecule has 152 valence electrons. The zero-order valence-corrected chi connectivity index (χ0v) is 16.3. The van der Waals surface area contributed by atoms with Crippen LogP contribution in [0.3, 0.4) is 0 Å². The highest BCUT2D eigenvalue weighted by molar-refractivity contribution is 5.91. The van der Waals surface area contributed by atoms with Crippen LogP contribution in [-0.4, -0.2) is 35.7 Å². The predicted octanol–water partition coefficient (Wildman–Crippen LogP) is 2.16. The largest absolute Gasteiger partial charge is 0.326 e. The summed E-state index contributed by atoms with van der Waals surface area (Å²) in [6, 6.07) is 9.53. The summed E-state index contributed by atoms with van der Waals surface area (Å²) < 4.78 is 16.8. The third kappa shape index (κ3) is 3.66. The first kappa shape index (κ1) is 19.4. The Hall–Kier alpha value is -3.95. The quantitative estimate of drug-likeness (QED) is 0.543. The van der Waals surface area contributed by atoms with E-state index in [1.807, 2.05) is 13.0 Å². The Balaban J connectivity index is 1.48. The SMILES string of the molecule is Cc1cccc2c(=O)n(CCC(=O)Nc3ccc(F)c(-n4nnnc4C)c3)cnc12. The predicted molar refractivity (Wildman–Crippen MR) is 108 cm³/mol. The highest BCUT2D eigenvalue weighted by Crippen LogP contribution is 2.19. The summed E-state index contributed by atoms with van der Waals surface area (Å²) in [5, 5.41) is 14.2. The van der Waals surface area contributed by atoms with Crippen molar-refractivity contribution in [2.24, 2.45) is 0 Å². The van der Waals surface area contributed by atoms with Gasteiger partial charge in [0.05, 0.1) is 17.2 Å². The van der Waals surface area contributed by atoms with Crippen molar-refractivity contribution in [2.75, 3.05) is 5.32 Å². The van der Waals surface area contributed by atoms with E-state index in [0.717, 1.165) is 5.56 Å². The molecule has 9 nitrogen and oxygen atoms in total. The van der Waals surface area contributed by atoms with Gasteiger partial charge in [-0.2, -0.15) is 4.68 Å². The molecule has 10 heteroatoms. The first-order valence-electron chi connectivity index (χ1n) is 9.23. The van der Waals surface area contributed by atoms with Gasteiger partial charge in [-0.15, -0.1) is 5.10 Å². The Morgan fingerprint density at radius 1 is 1.20 bits per heavy atom. The lowest BCUT2D eigenvalue weighted by atomic mass is 10.1. The molecule has 2 aromatic carbocycles. The number of benzene rings is 2. The first-order valence-corrected chi connectivity index (χ1v) is 9.23. The molecule has 1 N–H and O–H groups in total. The van der Waals surface area contributed by atoms with E-state index in [4.69, 9.17) is 0 Å². The van der Waals surface area contributed by atoms with Gasteiger partial charge in [0.15, 0.2) is 5.82 Å². The highest BCUT2D eigenvalue weighted by Gasteiger charge is 2.12. The average Bonchev–Trinajstić information content (AvgIpc) is 3.15. The number of halogens is 1. The Morgan fingerprint density at radius 3 is 2.80 bits per heavy atom. The number of amides is 1. The number of nitrogens with one attached hydrogen (secondary N) is 1. The van der Waals surface area contributed by atoms with Crippen LogP contribution in [0.5, 0.6) is 0 Å². The summed E-state index contributed by atoms with van der Waals surface area (Å²) in [5.74, 6) is -0.430. The Bertz CT molecular complexity index is 1310. The number of aromatic nitrogens is 6. The number of para-hydroxylation sites is 1. The Kier molecular flexibility index (Phi) is 5.05. The van der Waals surface area contributed by atoms with Crippen molar-refractivity contribution in [3.05, 3.63) is 70.3 Å². The Labute approximate surface area is 170 Å². The molecule has 2 heterocycles. The Morgan fingerprint density at radius 2 is 2.03 bits per heavy atom. The maximum Gasteiger partial charge on any atom is 0.261 e. The summed E-state index contributed by atoms with van der Waals surface area (Å²) in [5.41, 5.74) is 1.89. The summed E-state index contributed by atoms with van der Waals surface area (Å²) in [6.07, 6.45) is 1.50. The molecule has 4 rings (SSSR count). The topological polar surface area (TPSA) is 108 Å². The number of aryl methyl sites for hydroxylation is 3. The van der Waals surface area contributed by atoms with E-state index in [1.165, 1.54) is 33.8 Å². The summed E-state index contributed by atoms with van der Waals surface area (Å²) in [6.45, 7) is 3.70. The van der Waals surface area contributed by atoms with E-state index >= 15 is 0 Å². The second-order valence-electron chi connectivity index (χ2n) is 6.82. The van der Waals surface area contributed by atoms with Crippen molar-refractivity contribution < 1.29 is 9.18 Å². The van der Waals surface area contributed by atoms with E-state index in [-0.39, 0.29) is 30.1 Å². The molecule has 0 aliphatic heterocycles. The number of tetrazole rings is 1. The summed E-state index contributed by atoms with van der Waals surface area (Å²) in [4.78, 5) is 29.3. The molecule has 0 aliphatic carbocycles. The van der Waals surface area contributed by atoms with Gasteiger partial charge in [-0.05, 0) is 54.1 Å². The van der Waals surface area contributed by atoms with E-state index in [2.05, 4.69) is 25.8 Å². The molecule has 1 amide bonds. The van der Waals surface area contributed by atoms with E-state index in [0.29, 0.717) is 22.4 Å². The van der Waals surface area contributed by atoms with Crippen LogP contribution < -0.4 is 10.9 Å². The van der Waals surface area contributed by atoms with Crippen molar-refractivity contribution >= 4 is 22.5 Å². The molecule has 0 bridgehead atoms. The van der Waals surface area contributed by atoms with Gasteiger partial charge in [-0.25, -0.2) is 9.37 Å². The fourth-order valence-electron chi connectivity index (χ4n) is 3.15. The second kappa shape index (κ2) is 7.82. The van der Waals surface area contributed by atoms with Gasteiger partial charge in [0.2, 0.25) is 5.91 Å². The van der Waals surface area contributed by atoms with Crippen LogP contribution in [0.2, 0.25) is 0 Å². The standard InChI is InChI=1S/C20H18FN7O2/c1-12-4-3-5-15-19(12)22-11-27(20(15)30)9-8-18(29)23-14-6-7-16(21)17(10-14)28-13(2)24-25-26-28/h3-7,10-11H,8-9H2,1-2H3,(H,23,29). The van der Waals surface area contributed by atoms with Gasteiger partial charge >= 0.3 is 0 Å². The fourth-order valence-corrected chi connectivity index (χ4v) is 3.15. The molecule has 2 aromatic heterocycles. The van der Waals surface area contributed by atoms with Crippen LogP contribution in [0.4, 0.5) is 10.1 Å². The normalized spacial score (nSPS) is 11.0. The van der Waals surface area contributed by atoms with Gasteiger partial charge in [0.1, 0.15) is 11.5 Å². The minimum atomic E-state index is -0.521. The van der Waals surface area contributed by atoms with E-state index in [9.17, 15) is 14.0 Å². The molecule has 0 unspecified atom stereocenters. The van der Waals surface area contributed by atoms with Crippen molar-refractivity contribution in [2.45, 2.75) is 26.8 Å². The lowest BCUT2D eigenvalue weighted by Crippen LogP contribution is -2.24. The van der Waals surface area contributed by atoms with Crippen LogP contribution in [0, 0.1) is 19.7 Å². The number of carbonyl (C=O) groups is 1. The van der Waals surface area contributed by atoms with Crippen LogP contribution >= 0.6 is 0 Å². The third-order valence-corrected chi connectivity index (χ3v) is 4.72. The third-order valence-electron chi connectivity index (χ3n) is 4.72. The maximum atomic E-state index is 14.1. The number of anilines is 1. The lowest BCUT2D eigenvalue weighted by Gasteiger charge is -2.10.